The topological polar surface area (TPSA) is 6.48 Å². The lowest BCUT2D eigenvalue weighted by Crippen LogP contribution is -2.46. The third-order valence-electron chi connectivity index (χ3n) is 4.70. The molecule has 1 saturated heterocycles. The Kier molecular flexibility index (Phi) is 5.15. The average Bonchev–Trinajstić information content (AvgIpc) is 2.54. The summed E-state index contributed by atoms with van der Waals surface area (Å²) in [6, 6.07) is 12.3. The third kappa shape index (κ3) is 3.82. The van der Waals surface area contributed by atoms with Gasteiger partial charge in [-0.1, -0.05) is 41.4 Å². The summed E-state index contributed by atoms with van der Waals surface area (Å²) in [6.07, 6.45) is 0. The molecule has 0 radical (unpaired) electrons. The van der Waals surface area contributed by atoms with E-state index in [2.05, 4.69) is 41.8 Å². The Morgan fingerprint density at radius 3 is 2.39 bits per heavy atom. The first-order chi connectivity index (χ1) is 11.0. The van der Waals surface area contributed by atoms with Crippen LogP contribution in [0.4, 0.5) is 5.69 Å². The van der Waals surface area contributed by atoms with E-state index in [0.29, 0.717) is 5.02 Å². The smallest absolute Gasteiger partial charge is 0.0465 e. The van der Waals surface area contributed by atoms with Crippen molar-refractivity contribution in [2.45, 2.75) is 20.4 Å². The molecular formula is C19H22Cl2N2. The van der Waals surface area contributed by atoms with E-state index in [1.807, 2.05) is 18.2 Å². The van der Waals surface area contributed by atoms with E-state index in [4.69, 9.17) is 23.2 Å². The van der Waals surface area contributed by atoms with Crippen LogP contribution in [-0.4, -0.2) is 31.1 Å². The molecule has 1 aliphatic heterocycles. The molecule has 4 heteroatoms. The van der Waals surface area contributed by atoms with Crippen LogP contribution in [0.15, 0.2) is 36.4 Å². The number of benzene rings is 2. The van der Waals surface area contributed by atoms with Crippen LogP contribution >= 0.6 is 23.2 Å². The highest BCUT2D eigenvalue weighted by atomic mass is 35.5. The van der Waals surface area contributed by atoms with Gasteiger partial charge >= 0.3 is 0 Å². The van der Waals surface area contributed by atoms with Gasteiger partial charge in [0.25, 0.3) is 0 Å². The minimum atomic E-state index is 0.693. The van der Waals surface area contributed by atoms with Crippen molar-refractivity contribution in [2.24, 2.45) is 0 Å². The second kappa shape index (κ2) is 7.12. The third-order valence-corrected chi connectivity index (χ3v) is 5.29. The van der Waals surface area contributed by atoms with Crippen LogP contribution in [0.5, 0.6) is 0 Å². The number of piperazine rings is 1. The summed E-state index contributed by atoms with van der Waals surface area (Å²) < 4.78 is 0. The zero-order valence-electron chi connectivity index (χ0n) is 13.6. The first kappa shape index (κ1) is 16.6. The van der Waals surface area contributed by atoms with Crippen LogP contribution in [0.25, 0.3) is 0 Å². The van der Waals surface area contributed by atoms with Crippen LogP contribution in [0.1, 0.15) is 16.7 Å². The molecule has 0 N–H and O–H groups in total. The Hall–Kier alpha value is -1.22. The summed E-state index contributed by atoms with van der Waals surface area (Å²) >= 11 is 12.3. The number of anilines is 1. The van der Waals surface area contributed by atoms with Crippen LogP contribution in [0.2, 0.25) is 10.0 Å². The molecule has 0 unspecified atom stereocenters. The fraction of sp³-hybridized carbons (Fsp3) is 0.368. The average molecular weight is 349 g/mol. The standard InChI is InChI=1S/C19H22Cl2N2/c1-14-4-3-5-19(15(14)2)23-10-8-22(9-11-23)13-16-6-7-17(20)12-18(16)21/h3-7,12H,8-11,13H2,1-2H3. The Morgan fingerprint density at radius 2 is 1.70 bits per heavy atom. The molecule has 0 aromatic heterocycles. The minimum Gasteiger partial charge on any atom is -0.369 e. The van der Waals surface area contributed by atoms with Gasteiger partial charge in [0.05, 0.1) is 0 Å². The van der Waals surface area contributed by atoms with Crippen molar-refractivity contribution >= 4 is 28.9 Å². The van der Waals surface area contributed by atoms with Gasteiger partial charge in [-0.05, 0) is 48.7 Å². The molecular weight excluding hydrogens is 327 g/mol. The maximum Gasteiger partial charge on any atom is 0.0465 e. The second-order valence-corrected chi connectivity index (χ2v) is 7.06. The maximum atomic E-state index is 6.29. The lowest BCUT2D eigenvalue weighted by molar-refractivity contribution is 0.250. The van der Waals surface area contributed by atoms with Crippen LogP contribution in [0, 0.1) is 13.8 Å². The van der Waals surface area contributed by atoms with E-state index in [1.54, 1.807) is 0 Å². The molecule has 1 aliphatic rings. The first-order valence-electron chi connectivity index (χ1n) is 8.02. The lowest BCUT2D eigenvalue weighted by atomic mass is 10.1. The quantitative estimate of drug-likeness (QED) is 0.775. The molecule has 0 amide bonds. The van der Waals surface area contributed by atoms with Gasteiger partial charge in [0.2, 0.25) is 0 Å². The van der Waals surface area contributed by atoms with Crippen molar-refractivity contribution in [3.8, 4) is 0 Å². The number of rotatable bonds is 3. The van der Waals surface area contributed by atoms with E-state index < -0.39 is 0 Å². The van der Waals surface area contributed by atoms with Crippen LogP contribution in [-0.2, 0) is 6.54 Å². The molecule has 0 aliphatic carbocycles. The van der Waals surface area contributed by atoms with Gasteiger partial charge < -0.3 is 4.90 Å². The number of halogens is 2. The van der Waals surface area contributed by atoms with Crippen molar-refractivity contribution in [3.05, 3.63) is 63.1 Å². The van der Waals surface area contributed by atoms with Crippen molar-refractivity contribution in [3.63, 3.8) is 0 Å². The summed E-state index contributed by atoms with van der Waals surface area (Å²) in [4.78, 5) is 4.94. The highest BCUT2D eigenvalue weighted by molar-refractivity contribution is 6.35. The Balaban J connectivity index is 1.63. The molecule has 2 aromatic carbocycles. The molecule has 0 saturated carbocycles. The first-order valence-corrected chi connectivity index (χ1v) is 8.77. The molecule has 122 valence electrons. The molecule has 2 nitrogen and oxygen atoms in total. The Morgan fingerprint density at radius 1 is 0.957 bits per heavy atom. The summed E-state index contributed by atoms with van der Waals surface area (Å²) in [7, 11) is 0. The normalized spacial score (nSPS) is 15.9. The highest BCUT2D eigenvalue weighted by Gasteiger charge is 2.19. The van der Waals surface area contributed by atoms with Crippen LogP contribution < -0.4 is 4.90 Å². The number of aryl methyl sites for hydroxylation is 1. The van der Waals surface area contributed by atoms with Crippen molar-refractivity contribution in [1.29, 1.82) is 0 Å². The van der Waals surface area contributed by atoms with Gasteiger partial charge in [0.1, 0.15) is 0 Å². The SMILES string of the molecule is Cc1cccc(N2CCN(Cc3ccc(Cl)cc3Cl)CC2)c1C. The minimum absolute atomic E-state index is 0.693. The zero-order chi connectivity index (χ0) is 16.4. The number of hydrogen-bond donors (Lipinski definition) is 0. The summed E-state index contributed by atoms with van der Waals surface area (Å²) in [5.74, 6) is 0. The fourth-order valence-corrected chi connectivity index (χ4v) is 3.58. The number of hydrogen-bond acceptors (Lipinski definition) is 2. The Bertz CT molecular complexity index is 692. The zero-order valence-corrected chi connectivity index (χ0v) is 15.2. The molecule has 1 heterocycles. The molecule has 0 spiro atoms. The summed E-state index contributed by atoms with van der Waals surface area (Å²) in [6.45, 7) is 9.47. The van der Waals surface area contributed by atoms with Gasteiger partial charge in [0, 0.05) is 48.5 Å². The van der Waals surface area contributed by atoms with Gasteiger partial charge in [-0.25, -0.2) is 0 Å². The predicted octanol–water partition coefficient (Wildman–Crippen LogP) is 4.93. The molecule has 3 rings (SSSR count). The molecule has 1 fully saturated rings. The van der Waals surface area contributed by atoms with E-state index in [0.717, 1.165) is 43.3 Å². The van der Waals surface area contributed by atoms with E-state index in [9.17, 15) is 0 Å². The molecule has 2 aromatic rings. The Labute approximate surface area is 148 Å². The highest BCUT2D eigenvalue weighted by Crippen LogP contribution is 2.26. The largest absolute Gasteiger partial charge is 0.369 e. The lowest BCUT2D eigenvalue weighted by Gasteiger charge is -2.37. The molecule has 0 atom stereocenters. The predicted molar refractivity (Wildman–Crippen MR) is 99.9 cm³/mol. The van der Waals surface area contributed by atoms with Crippen molar-refractivity contribution < 1.29 is 0 Å². The molecule has 23 heavy (non-hydrogen) atoms. The van der Waals surface area contributed by atoms with Gasteiger partial charge in [-0.3, -0.25) is 4.90 Å². The van der Waals surface area contributed by atoms with Gasteiger partial charge in [-0.2, -0.15) is 0 Å². The van der Waals surface area contributed by atoms with Crippen LogP contribution in [0.3, 0.4) is 0 Å². The van der Waals surface area contributed by atoms with E-state index in [-0.39, 0.29) is 0 Å². The van der Waals surface area contributed by atoms with Crippen molar-refractivity contribution in [1.82, 2.24) is 4.90 Å². The van der Waals surface area contributed by atoms with E-state index in [1.165, 1.54) is 16.8 Å². The van der Waals surface area contributed by atoms with Gasteiger partial charge in [-0.15, -0.1) is 0 Å². The maximum absolute atomic E-state index is 6.29. The van der Waals surface area contributed by atoms with E-state index >= 15 is 0 Å². The number of nitrogens with zero attached hydrogens (tertiary/aromatic N) is 2. The van der Waals surface area contributed by atoms with Crippen molar-refractivity contribution in [2.75, 3.05) is 31.1 Å². The second-order valence-electron chi connectivity index (χ2n) is 6.22. The molecule has 0 bridgehead atoms. The van der Waals surface area contributed by atoms with Gasteiger partial charge in [0.15, 0.2) is 0 Å². The summed E-state index contributed by atoms with van der Waals surface area (Å²) in [5.41, 5.74) is 5.27. The summed E-state index contributed by atoms with van der Waals surface area (Å²) in [5, 5.41) is 1.45. The fourth-order valence-electron chi connectivity index (χ4n) is 3.12. The monoisotopic (exact) mass is 348 g/mol.